The summed E-state index contributed by atoms with van der Waals surface area (Å²) < 4.78 is 0. The van der Waals surface area contributed by atoms with E-state index in [1.807, 2.05) is 18.7 Å². The minimum absolute atomic E-state index is 0.138. The fraction of sp³-hybridized carbons (Fsp3) is 0.650. The summed E-state index contributed by atoms with van der Waals surface area (Å²) >= 11 is 0. The first-order valence-corrected chi connectivity index (χ1v) is 9.30. The molecule has 1 aromatic rings. The normalized spacial score (nSPS) is 22.2. The van der Waals surface area contributed by atoms with Crippen molar-refractivity contribution in [3.05, 3.63) is 35.9 Å². The van der Waals surface area contributed by atoms with Gasteiger partial charge in [-0.05, 0) is 42.7 Å². The Morgan fingerprint density at radius 1 is 1.12 bits per heavy atom. The van der Waals surface area contributed by atoms with Gasteiger partial charge in [-0.15, -0.1) is 0 Å². The lowest BCUT2D eigenvalue weighted by Gasteiger charge is -2.40. The van der Waals surface area contributed by atoms with Crippen LogP contribution in [0, 0.1) is 11.3 Å². The van der Waals surface area contributed by atoms with E-state index in [2.05, 4.69) is 35.2 Å². The zero-order valence-corrected chi connectivity index (χ0v) is 15.1. The van der Waals surface area contributed by atoms with Gasteiger partial charge >= 0.3 is 0 Å². The molecule has 132 valence electrons. The third-order valence-electron chi connectivity index (χ3n) is 5.91. The van der Waals surface area contributed by atoms with Gasteiger partial charge in [0.25, 0.3) is 0 Å². The molecule has 1 amide bonds. The molecule has 2 N–H and O–H groups in total. The molecule has 2 heterocycles. The molecule has 4 nitrogen and oxygen atoms in total. The number of hydrogen-bond donors (Lipinski definition) is 1. The Bertz CT molecular complexity index is 549. The number of nitrogens with two attached hydrogens (primary N) is 1. The van der Waals surface area contributed by atoms with Crippen LogP contribution in [0.2, 0.25) is 0 Å². The minimum atomic E-state index is -0.350. The van der Waals surface area contributed by atoms with E-state index in [-0.39, 0.29) is 17.9 Å². The summed E-state index contributed by atoms with van der Waals surface area (Å²) in [6, 6.07) is 10.4. The van der Waals surface area contributed by atoms with Crippen molar-refractivity contribution >= 4 is 5.91 Å². The van der Waals surface area contributed by atoms with Crippen molar-refractivity contribution in [1.29, 1.82) is 0 Å². The van der Waals surface area contributed by atoms with E-state index in [1.165, 1.54) is 25.1 Å². The number of benzene rings is 1. The molecule has 3 rings (SSSR count). The third kappa shape index (κ3) is 3.81. The highest BCUT2D eigenvalue weighted by atomic mass is 16.2. The fourth-order valence-corrected chi connectivity index (χ4v) is 4.11. The quantitative estimate of drug-likeness (QED) is 0.923. The van der Waals surface area contributed by atoms with Gasteiger partial charge in [0.15, 0.2) is 0 Å². The zero-order chi connectivity index (χ0) is 17.2. The highest BCUT2D eigenvalue weighted by molar-refractivity contribution is 5.82. The smallest absolute Gasteiger partial charge is 0.239 e. The van der Waals surface area contributed by atoms with Crippen molar-refractivity contribution in [2.75, 3.05) is 26.2 Å². The molecule has 1 atom stereocenters. The van der Waals surface area contributed by atoms with Crippen LogP contribution in [0.5, 0.6) is 0 Å². The Kier molecular flexibility index (Phi) is 5.26. The molecule has 0 unspecified atom stereocenters. The van der Waals surface area contributed by atoms with Crippen LogP contribution >= 0.6 is 0 Å². The SMILES string of the molecule is CC(C)[C@H](N)C(=O)N1CCC2(CCN(Cc3ccccc3)C2)CC1. The number of nitrogens with zero attached hydrogens (tertiary/aromatic N) is 2. The largest absolute Gasteiger partial charge is 0.341 e. The highest BCUT2D eigenvalue weighted by Crippen LogP contribution is 2.40. The van der Waals surface area contributed by atoms with E-state index >= 15 is 0 Å². The van der Waals surface area contributed by atoms with Crippen molar-refractivity contribution in [2.45, 2.75) is 45.7 Å². The van der Waals surface area contributed by atoms with Crippen molar-refractivity contribution in [1.82, 2.24) is 9.80 Å². The molecule has 2 aliphatic heterocycles. The van der Waals surface area contributed by atoms with Gasteiger partial charge in [-0.1, -0.05) is 44.2 Å². The first kappa shape index (κ1) is 17.4. The first-order chi connectivity index (χ1) is 11.5. The predicted molar refractivity (Wildman–Crippen MR) is 97.4 cm³/mol. The van der Waals surface area contributed by atoms with Crippen LogP contribution in [0.15, 0.2) is 30.3 Å². The van der Waals surface area contributed by atoms with Crippen molar-refractivity contribution in [3.63, 3.8) is 0 Å². The maximum absolute atomic E-state index is 12.4. The van der Waals surface area contributed by atoms with Gasteiger partial charge in [-0.3, -0.25) is 9.69 Å². The van der Waals surface area contributed by atoms with Gasteiger partial charge in [0.1, 0.15) is 0 Å². The molecule has 0 bridgehead atoms. The molecule has 0 aliphatic carbocycles. The Morgan fingerprint density at radius 2 is 1.75 bits per heavy atom. The van der Waals surface area contributed by atoms with Crippen LogP contribution in [0.25, 0.3) is 0 Å². The predicted octanol–water partition coefficient (Wildman–Crippen LogP) is 2.48. The molecule has 1 spiro atoms. The molecule has 2 saturated heterocycles. The van der Waals surface area contributed by atoms with E-state index in [4.69, 9.17) is 5.73 Å². The van der Waals surface area contributed by atoms with E-state index in [0.717, 1.165) is 32.5 Å². The Morgan fingerprint density at radius 3 is 2.38 bits per heavy atom. The molecule has 0 saturated carbocycles. The molecule has 1 aromatic carbocycles. The number of carbonyl (C=O) groups is 1. The van der Waals surface area contributed by atoms with Crippen LogP contribution in [0.1, 0.15) is 38.7 Å². The summed E-state index contributed by atoms with van der Waals surface area (Å²) in [6.45, 7) is 9.17. The average Bonchev–Trinajstić information content (AvgIpc) is 2.97. The zero-order valence-electron chi connectivity index (χ0n) is 15.1. The maximum Gasteiger partial charge on any atom is 0.239 e. The lowest BCUT2D eigenvalue weighted by atomic mass is 9.77. The fourth-order valence-electron chi connectivity index (χ4n) is 4.11. The molecule has 24 heavy (non-hydrogen) atoms. The summed E-state index contributed by atoms with van der Waals surface area (Å²) in [5.74, 6) is 0.347. The second-order valence-electron chi connectivity index (χ2n) is 8.04. The third-order valence-corrected chi connectivity index (χ3v) is 5.91. The number of piperidine rings is 1. The number of amides is 1. The van der Waals surface area contributed by atoms with Crippen molar-refractivity contribution < 1.29 is 4.79 Å². The lowest BCUT2D eigenvalue weighted by molar-refractivity contribution is -0.135. The summed E-state index contributed by atoms with van der Waals surface area (Å²) in [6.07, 6.45) is 3.50. The van der Waals surface area contributed by atoms with Crippen LogP contribution in [-0.2, 0) is 11.3 Å². The van der Waals surface area contributed by atoms with Crippen LogP contribution in [-0.4, -0.2) is 47.9 Å². The second kappa shape index (κ2) is 7.24. The molecule has 2 aliphatic rings. The monoisotopic (exact) mass is 329 g/mol. The van der Waals surface area contributed by atoms with Crippen LogP contribution < -0.4 is 5.73 Å². The molecule has 2 fully saturated rings. The highest BCUT2D eigenvalue weighted by Gasteiger charge is 2.41. The summed E-state index contributed by atoms with van der Waals surface area (Å²) in [4.78, 5) is 17.0. The van der Waals surface area contributed by atoms with Gasteiger partial charge in [0.2, 0.25) is 5.91 Å². The standard InChI is InChI=1S/C20H31N3O/c1-16(2)18(21)19(24)23-12-9-20(10-13-23)8-11-22(15-20)14-17-6-4-3-5-7-17/h3-7,16,18H,8-15,21H2,1-2H3/t18-/m0/s1. The average molecular weight is 329 g/mol. The molecule has 0 radical (unpaired) electrons. The Hall–Kier alpha value is -1.39. The van der Waals surface area contributed by atoms with Crippen LogP contribution in [0.4, 0.5) is 0 Å². The Balaban J connectivity index is 1.52. The number of carbonyl (C=O) groups excluding carboxylic acids is 1. The Labute approximate surface area is 146 Å². The summed E-state index contributed by atoms with van der Waals surface area (Å²) in [5.41, 5.74) is 7.85. The molecular weight excluding hydrogens is 298 g/mol. The topological polar surface area (TPSA) is 49.6 Å². The number of rotatable bonds is 4. The van der Waals surface area contributed by atoms with Gasteiger partial charge < -0.3 is 10.6 Å². The van der Waals surface area contributed by atoms with Gasteiger partial charge in [-0.2, -0.15) is 0 Å². The van der Waals surface area contributed by atoms with Crippen molar-refractivity contribution in [3.8, 4) is 0 Å². The lowest BCUT2D eigenvalue weighted by Crippen LogP contribution is -2.51. The van der Waals surface area contributed by atoms with Gasteiger partial charge in [0.05, 0.1) is 6.04 Å². The minimum Gasteiger partial charge on any atom is -0.341 e. The van der Waals surface area contributed by atoms with Gasteiger partial charge in [0, 0.05) is 26.2 Å². The maximum atomic E-state index is 12.4. The van der Waals surface area contributed by atoms with Crippen molar-refractivity contribution in [2.24, 2.45) is 17.1 Å². The summed E-state index contributed by atoms with van der Waals surface area (Å²) in [5, 5.41) is 0. The molecule has 4 heteroatoms. The van der Waals surface area contributed by atoms with Gasteiger partial charge in [-0.25, -0.2) is 0 Å². The molecule has 0 aromatic heterocycles. The number of hydrogen-bond acceptors (Lipinski definition) is 3. The van der Waals surface area contributed by atoms with Crippen LogP contribution in [0.3, 0.4) is 0 Å². The first-order valence-electron chi connectivity index (χ1n) is 9.30. The molecular formula is C20H31N3O. The van der Waals surface area contributed by atoms with E-state index < -0.39 is 0 Å². The van der Waals surface area contributed by atoms with E-state index in [9.17, 15) is 4.79 Å². The van der Waals surface area contributed by atoms with E-state index in [1.54, 1.807) is 0 Å². The number of likely N-dealkylation sites (tertiary alicyclic amines) is 2. The second-order valence-corrected chi connectivity index (χ2v) is 8.04. The van der Waals surface area contributed by atoms with E-state index in [0.29, 0.717) is 5.41 Å². The summed E-state index contributed by atoms with van der Waals surface area (Å²) in [7, 11) is 0.